The summed E-state index contributed by atoms with van der Waals surface area (Å²) in [5.74, 6) is -0.323. The number of rotatable bonds is 3. The van der Waals surface area contributed by atoms with Crippen molar-refractivity contribution in [2.75, 3.05) is 19.0 Å². The number of halogens is 1. The summed E-state index contributed by atoms with van der Waals surface area (Å²) in [6, 6.07) is 4.84. The third-order valence-electron chi connectivity index (χ3n) is 2.46. The van der Waals surface area contributed by atoms with Crippen LogP contribution >= 0.6 is 0 Å². The van der Waals surface area contributed by atoms with Crippen LogP contribution in [0.1, 0.15) is 19.4 Å². The highest BCUT2D eigenvalue weighted by Gasteiger charge is 2.20. The zero-order valence-corrected chi connectivity index (χ0v) is 9.91. The Balaban J connectivity index is 3.20. The molecule has 0 heterocycles. The Labute approximate surface area is 94.6 Å². The highest BCUT2D eigenvalue weighted by molar-refractivity contribution is 5.49. The summed E-state index contributed by atoms with van der Waals surface area (Å²) in [5, 5.41) is 0. The summed E-state index contributed by atoms with van der Waals surface area (Å²) in [5.41, 5.74) is 0.418. The highest BCUT2D eigenvalue weighted by atomic mass is 19.1. The molecular formula is C12H15FN2O. The van der Waals surface area contributed by atoms with E-state index in [1.165, 1.54) is 12.1 Å². The standard InChI is InChI=1S/C12H15FN2O/c1-12(2,14-8-16)9-5-6-11(15(3)4)10(13)7-9/h5-7H,1-4H3. The molecule has 0 atom stereocenters. The van der Waals surface area contributed by atoms with Crippen molar-refractivity contribution in [2.24, 2.45) is 4.99 Å². The quantitative estimate of drug-likeness (QED) is 0.581. The third-order valence-corrected chi connectivity index (χ3v) is 2.46. The van der Waals surface area contributed by atoms with Gasteiger partial charge in [-0.3, -0.25) is 0 Å². The second kappa shape index (κ2) is 4.45. The van der Waals surface area contributed by atoms with E-state index in [4.69, 9.17) is 0 Å². The summed E-state index contributed by atoms with van der Waals surface area (Å²) in [4.78, 5) is 15.6. The van der Waals surface area contributed by atoms with Gasteiger partial charge in [-0.05, 0) is 31.5 Å². The molecule has 0 aromatic heterocycles. The van der Waals surface area contributed by atoms with Gasteiger partial charge in [0.2, 0.25) is 6.08 Å². The molecule has 0 fully saturated rings. The van der Waals surface area contributed by atoms with Gasteiger partial charge in [0.1, 0.15) is 5.82 Å². The van der Waals surface area contributed by atoms with Crippen molar-refractivity contribution in [1.29, 1.82) is 0 Å². The molecule has 0 aliphatic rings. The van der Waals surface area contributed by atoms with E-state index >= 15 is 0 Å². The van der Waals surface area contributed by atoms with Crippen LogP contribution in [0.15, 0.2) is 23.2 Å². The second-order valence-corrected chi connectivity index (χ2v) is 4.32. The molecule has 4 heteroatoms. The Morgan fingerprint density at radius 2 is 2.00 bits per heavy atom. The summed E-state index contributed by atoms with van der Waals surface area (Å²) in [6.07, 6.45) is 1.51. The first-order valence-electron chi connectivity index (χ1n) is 4.95. The Kier molecular flexibility index (Phi) is 3.45. The van der Waals surface area contributed by atoms with E-state index in [-0.39, 0.29) is 5.82 Å². The van der Waals surface area contributed by atoms with Crippen molar-refractivity contribution < 1.29 is 9.18 Å². The van der Waals surface area contributed by atoms with Crippen LogP contribution in [0.3, 0.4) is 0 Å². The normalized spacial score (nSPS) is 10.8. The molecule has 0 saturated carbocycles. The molecule has 0 spiro atoms. The van der Waals surface area contributed by atoms with E-state index in [1.54, 1.807) is 45.0 Å². The number of nitrogens with zero attached hydrogens (tertiary/aromatic N) is 2. The van der Waals surface area contributed by atoms with Crippen LogP contribution in [0, 0.1) is 5.82 Å². The maximum atomic E-state index is 13.7. The lowest BCUT2D eigenvalue weighted by molar-refractivity contribution is 0.518. The fourth-order valence-electron chi connectivity index (χ4n) is 1.43. The van der Waals surface area contributed by atoms with Crippen LogP contribution in [0.4, 0.5) is 10.1 Å². The first-order valence-corrected chi connectivity index (χ1v) is 4.95. The topological polar surface area (TPSA) is 32.7 Å². The molecule has 1 aromatic carbocycles. The average molecular weight is 222 g/mol. The van der Waals surface area contributed by atoms with Crippen LogP contribution < -0.4 is 4.90 Å². The minimum Gasteiger partial charge on any atom is -0.375 e. The summed E-state index contributed by atoms with van der Waals surface area (Å²) < 4.78 is 13.7. The number of hydrogen-bond acceptors (Lipinski definition) is 3. The van der Waals surface area contributed by atoms with Crippen LogP contribution in [-0.2, 0) is 10.3 Å². The Bertz CT molecular complexity index is 435. The van der Waals surface area contributed by atoms with Crippen molar-refractivity contribution in [3.05, 3.63) is 29.6 Å². The Morgan fingerprint density at radius 1 is 1.38 bits per heavy atom. The van der Waals surface area contributed by atoms with E-state index in [9.17, 15) is 9.18 Å². The van der Waals surface area contributed by atoms with E-state index < -0.39 is 5.54 Å². The van der Waals surface area contributed by atoms with Gasteiger partial charge in [0.05, 0.1) is 11.2 Å². The van der Waals surface area contributed by atoms with Crippen LogP contribution in [0.2, 0.25) is 0 Å². The number of carbonyl (C=O) groups excluding carboxylic acids is 1. The van der Waals surface area contributed by atoms with Gasteiger partial charge in [-0.1, -0.05) is 6.07 Å². The van der Waals surface area contributed by atoms with E-state index in [0.29, 0.717) is 11.3 Å². The first-order chi connectivity index (χ1) is 7.38. The summed E-state index contributed by atoms with van der Waals surface area (Å²) in [6.45, 7) is 3.48. The maximum absolute atomic E-state index is 13.7. The molecule has 0 saturated heterocycles. The van der Waals surface area contributed by atoms with Crippen molar-refractivity contribution >= 4 is 11.8 Å². The largest absolute Gasteiger partial charge is 0.375 e. The lowest BCUT2D eigenvalue weighted by atomic mass is 9.95. The first kappa shape index (κ1) is 12.4. The van der Waals surface area contributed by atoms with Crippen molar-refractivity contribution in [2.45, 2.75) is 19.4 Å². The summed E-state index contributed by atoms with van der Waals surface area (Å²) in [7, 11) is 3.54. The van der Waals surface area contributed by atoms with Crippen molar-refractivity contribution in [3.63, 3.8) is 0 Å². The molecule has 0 unspecified atom stereocenters. The fraction of sp³-hybridized carbons (Fsp3) is 0.417. The van der Waals surface area contributed by atoms with Crippen molar-refractivity contribution in [1.82, 2.24) is 0 Å². The number of hydrogen-bond donors (Lipinski definition) is 0. The lowest BCUT2D eigenvalue weighted by Gasteiger charge is -2.20. The van der Waals surface area contributed by atoms with Crippen molar-refractivity contribution in [3.8, 4) is 0 Å². The van der Waals surface area contributed by atoms with E-state index in [1.807, 2.05) is 0 Å². The van der Waals surface area contributed by atoms with Gasteiger partial charge >= 0.3 is 0 Å². The molecule has 86 valence electrons. The molecule has 3 nitrogen and oxygen atoms in total. The molecule has 1 rings (SSSR count). The average Bonchev–Trinajstić information content (AvgIpc) is 2.16. The molecule has 0 N–H and O–H groups in total. The molecular weight excluding hydrogens is 207 g/mol. The van der Waals surface area contributed by atoms with E-state index in [0.717, 1.165) is 0 Å². The van der Waals surface area contributed by atoms with Gasteiger partial charge in [0.25, 0.3) is 0 Å². The molecule has 16 heavy (non-hydrogen) atoms. The SMILES string of the molecule is CN(C)c1ccc(C(C)(C)N=C=O)cc1F. The zero-order valence-electron chi connectivity index (χ0n) is 9.91. The highest BCUT2D eigenvalue weighted by Crippen LogP contribution is 2.28. The minimum atomic E-state index is -0.743. The molecule has 1 aromatic rings. The van der Waals surface area contributed by atoms with Gasteiger partial charge in [0, 0.05) is 14.1 Å². The Morgan fingerprint density at radius 3 is 2.44 bits per heavy atom. The smallest absolute Gasteiger partial charge is 0.235 e. The van der Waals surface area contributed by atoms with Crippen LogP contribution in [0.5, 0.6) is 0 Å². The number of anilines is 1. The van der Waals surface area contributed by atoms with Gasteiger partial charge in [-0.2, -0.15) is 4.99 Å². The van der Waals surface area contributed by atoms with Crippen LogP contribution in [0.25, 0.3) is 0 Å². The van der Waals surface area contributed by atoms with E-state index in [2.05, 4.69) is 4.99 Å². The van der Waals surface area contributed by atoms with Gasteiger partial charge < -0.3 is 4.90 Å². The third kappa shape index (κ3) is 2.47. The number of aliphatic imine (C=N–C) groups is 1. The number of benzene rings is 1. The molecule has 0 amide bonds. The molecule has 0 aliphatic carbocycles. The molecule has 0 bridgehead atoms. The maximum Gasteiger partial charge on any atom is 0.235 e. The predicted molar refractivity (Wildman–Crippen MR) is 61.9 cm³/mol. The lowest BCUT2D eigenvalue weighted by Crippen LogP contribution is -2.16. The van der Waals surface area contributed by atoms with Gasteiger partial charge in [0.15, 0.2) is 0 Å². The summed E-state index contributed by atoms with van der Waals surface area (Å²) >= 11 is 0. The van der Waals surface area contributed by atoms with Gasteiger partial charge in [-0.15, -0.1) is 0 Å². The number of isocyanates is 1. The molecule has 0 radical (unpaired) electrons. The zero-order chi connectivity index (χ0) is 12.3. The second-order valence-electron chi connectivity index (χ2n) is 4.32. The fourth-order valence-corrected chi connectivity index (χ4v) is 1.43. The van der Waals surface area contributed by atoms with Crippen LogP contribution in [-0.4, -0.2) is 20.2 Å². The molecule has 0 aliphatic heterocycles. The minimum absolute atomic E-state index is 0.323. The Hall–Kier alpha value is -1.67. The van der Waals surface area contributed by atoms with Gasteiger partial charge in [-0.25, -0.2) is 9.18 Å². The monoisotopic (exact) mass is 222 g/mol. The predicted octanol–water partition coefficient (Wildman–Crippen LogP) is 2.46.